The molecule has 0 radical (unpaired) electrons. The number of aryl methyl sites for hydroxylation is 2. The Morgan fingerprint density at radius 2 is 2.44 bits per heavy atom. The minimum absolute atomic E-state index is 0.197. The molecule has 2 rings (SSSR count). The standard InChI is InChI=1S/C14H22N2O2/c1-3-11-10-13(16(2)15-11)14(17)8-4-6-12-7-5-9-18-12/h10,12H,3-9H2,1-2H3. The van der Waals surface area contributed by atoms with E-state index in [9.17, 15) is 4.79 Å². The molecular formula is C14H22N2O2. The fourth-order valence-corrected chi connectivity index (χ4v) is 2.45. The van der Waals surface area contributed by atoms with Crippen LogP contribution in [-0.4, -0.2) is 28.3 Å². The number of ether oxygens (including phenoxy) is 1. The summed E-state index contributed by atoms with van der Waals surface area (Å²) in [5.74, 6) is 0.197. The van der Waals surface area contributed by atoms with Gasteiger partial charge in [-0.2, -0.15) is 5.10 Å². The molecule has 1 saturated heterocycles. The van der Waals surface area contributed by atoms with Crippen molar-refractivity contribution >= 4 is 5.78 Å². The number of hydrogen-bond donors (Lipinski definition) is 0. The summed E-state index contributed by atoms with van der Waals surface area (Å²) >= 11 is 0. The van der Waals surface area contributed by atoms with Gasteiger partial charge in [-0.3, -0.25) is 9.48 Å². The number of nitrogens with zero attached hydrogens (tertiary/aromatic N) is 2. The summed E-state index contributed by atoms with van der Waals surface area (Å²) < 4.78 is 7.26. The van der Waals surface area contributed by atoms with Gasteiger partial charge in [0.2, 0.25) is 0 Å². The van der Waals surface area contributed by atoms with Gasteiger partial charge >= 0.3 is 0 Å². The zero-order valence-corrected chi connectivity index (χ0v) is 11.3. The number of rotatable bonds is 6. The van der Waals surface area contributed by atoms with Gasteiger partial charge in [0.25, 0.3) is 0 Å². The molecule has 1 aliphatic rings. The molecule has 1 unspecified atom stereocenters. The van der Waals surface area contributed by atoms with Gasteiger partial charge in [0.15, 0.2) is 5.78 Å². The van der Waals surface area contributed by atoms with Crippen molar-refractivity contribution in [2.75, 3.05) is 6.61 Å². The van der Waals surface area contributed by atoms with Crippen molar-refractivity contribution in [2.24, 2.45) is 7.05 Å². The first-order valence-corrected chi connectivity index (χ1v) is 6.88. The van der Waals surface area contributed by atoms with Crippen LogP contribution >= 0.6 is 0 Å². The van der Waals surface area contributed by atoms with Crippen LogP contribution < -0.4 is 0 Å². The Labute approximate surface area is 108 Å². The maximum Gasteiger partial charge on any atom is 0.180 e. The van der Waals surface area contributed by atoms with Crippen LogP contribution in [0, 0.1) is 0 Å². The summed E-state index contributed by atoms with van der Waals surface area (Å²) in [5.41, 5.74) is 1.72. The first kappa shape index (κ1) is 13.3. The molecule has 1 atom stereocenters. The fourth-order valence-electron chi connectivity index (χ4n) is 2.45. The Hall–Kier alpha value is -1.16. The maximum absolute atomic E-state index is 12.1. The fraction of sp³-hybridized carbons (Fsp3) is 0.714. The molecule has 1 aliphatic heterocycles. The van der Waals surface area contributed by atoms with Gasteiger partial charge < -0.3 is 4.74 Å². The highest BCUT2D eigenvalue weighted by atomic mass is 16.5. The molecule has 100 valence electrons. The predicted octanol–water partition coefficient (Wildman–Crippen LogP) is 2.51. The lowest BCUT2D eigenvalue weighted by atomic mass is 10.1. The number of aromatic nitrogens is 2. The van der Waals surface area contributed by atoms with E-state index >= 15 is 0 Å². The van der Waals surface area contributed by atoms with Crippen molar-refractivity contribution < 1.29 is 9.53 Å². The molecule has 0 amide bonds. The summed E-state index contributed by atoms with van der Waals surface area (Å²) in [4.78, 5) is 12.1. The van der Waals surface area contributed by atoms with Crippen molar-refractivity contribution in [3.8, 4) is 0 Å². The van der Waals surface area contributed by atoms with E-state index in [2.05, 4.69) is 5.10 Å². The molecule has 0 N–H and O–H groups in total. The van der Waals surface area contributed by atoms with Crippen LogP contribution in [0.5, 0.6) is 0 Å². The lowest BCUT2D eigenvalue weighted by Gasteiger charge is -2.08. The lowest BCUT2D eigenvalue weighted by molar-refractivity contribution is 0.0916. The number of hydrogen-bond acceptors (Lipinski definition) is 3. The first-order valence-electron chi connectivity index (χ1n) is 6.88. The highest BCUT2D eigenvalue weighted by Crippen LogP contribution is 2.18. The summed E-state index contributed by atoms with van der Waals surface area (Å²) in [6, 6.07) is 1.91. The normalized spacial score (nSPS) is 19.3. The Morgan fingerprint density at radius 1 is 1.61 bits per heavy atom. The van der Waals surface area contributed by atoms with Gasteiger partial charge in [0.05, 0.1) is 11.8 Å². The van der Waals surface area contributed by atoms with E-state index in [0.717, 1.165) is 43.7 Å². The van der Waals surface area contributed by atoms with Crippen molar-refractivity contribution in [1.29, 1.82) is 0 Å². The number of Topliss-reactive ketones (excluding diaryl/α,β-unsaturated/α-hetero) is 1. The number of ketones is 1. The zero-order chi connectivity index (χ0) is 13.0. The van der Waals surface area contributed by atoms with E-state index in [1.807, 2.05) is 20.0 Å². The van der Waals surface area contributed by atoms with Gasteiger partial charge in [-0.25, -0.2) is 0 Å². The molecule has 0 saturated carbocycles. The topological polar surface area (TPSA) is 44.1 Å². The maximum atomic E-state index is 12.1. The third-order valence-electron chi connectivity index (χ3n) is 3.53. The molecule has 0 spiro atoms. The molecule has 18 heavy (non-hydrogen) atoms. The quantitative estimate of drug-likeness (QED) is 0.729. The van der Waals surface area contributed by atoms with Crippen LogP contribution in [0.1, 0.15) is 55.2 Å². The van der Waals surface area contributed by atoms with Gasteiger partial charge in [0.1, 0.15) is 5.69 Å². The first-order chi connectivity index (χ1) is 8.70. The summed E-state index contributed by atoms with van der Waals surface area (Å²) in [6.07, 6.45) is 6.09. The van der Waals surface area contributed by atoms with E-state index in [4.69, 9.17) is 4.74 Å². The Kier molecular flexibility index (Phi) is 4.53. The summed E-state index contributed by atoms with van der Waals surface area (Å²) in [5, 5.41) is 4.31. The van der Waals surface area contributed by atoms with Crippen molar-refractivity contribution in [2.45, 2.75) is 51.6 Å². The second kappa shape index (κ2) is 6.14. The molecule has 1 fully saturated rings. The second-order valence-electron chi connectivity index (χ2n) is 4.95. The molecule has 1 aromatic rings. The smallest absolute Gasteiger partial charge is 0.180 e. The highest BCUT2D eigenvalue weighted by Gasteiger charge is 2.17. The minimum Gasteiger partial charge on any atom is -0.378 e. The minimum atomic E-state index is 0.197. The average Bonchev–Trinajstić information content (AvgIpc) is 2.98. The van der Waals surface area contributed by atoms with Gasteiger partial charge in [-0.1, -0.05) is 6.92 Å². The molecule has 0 aliphatic carbocycles. The monoisotopic (exact) mass is 250 g/mol. The van der Waals surface area contributed by atoms with E-state index in [1.54, 1.807) is 4.68 Å². The summed E-state index contributed by atoms with van der Waals surface area (Å²) in [7, 11) is 1.84. The molecule has 0 aromatic carbocycles. The predicted molar refractivity (Wildman–Crippen MR) is 69.7 cm³/mol. The zero-order valence-electron chi connectivity index (χ0n) is 11.3. The SMILES string of the molecule is CCc1cc(C(=O)CCCC2CCCO2)n(C)n1. The average molecular weight is 250 g/mol. The third kappa shape index (κ3) is 3.19. The van der Waals surface area contributed by atoms with Crippen molar-refractivity contribution in [3.05, 3.63) is 17.5 Å². The molecule has 4 nitrogen and oxygen atoms in total. The van der Waals surface area contributed by atoms with Gasteiger partial charge in [-0.05, 0) is 38.2 Å². The van der Waals surface area contributed by atoms with E-state index in [0.29, 0.717) is 12.5 Å². The van der Waals surface area contributed by atoms with E-state index < -0.39 is 0 Å². The third-order valence-corrected chi connectivity index (χ3v) is 3.53. The van der Waals surface area contributed by atoms with E-state index in [1.165, 1.54) is 6.42 Å². The molecule has 0 bridgehead atoms. The van der Waals surface area contributed by atoms with Crippen LogP contribution in [0.3, 0.4) is 0 Å². The van der Waals surface area contributed by atoms with Crippen molar-refractivity contribution in [3.63, 3.8) is 0 Å². The summed E-state index contributed by atoms with van der Waals surface area (Å²) in [6.45, 7) is 2.94. The van der Waals surface area contributed by atoms with Gasteiger partial charge in [0, 0.05) is 20.1 Å². The molecule has 1 aromatic heterocycles. The van der Waals surface area contributed by atoms with Gasteiger partial charge in [-0.15, -0.1) is 0 Å². The van der Waals surface area contributed by atoms with Crippen LogP contribution in [0.15, 0.2) is 6.07 Å². The number of carbonyl (C=O) groups is 1. The highest BCUT2D eigenvalue weighted by molar-refractivity contribution is 5.94. The number of carbonyl (C=O) groups excluding carboxylic acids is 1. The van der Waals surface area contributed by atoms with Crippen LogP contribution in [0.2, 0.25) is 0 Å². The lowest BCUT2D eigenvalue weighted by Crippen LogP contribution is -2.09. The van der Waals surface area contributed by atoms with Crippen LogP contribution in [0.4, 0.5) is 0 Å². The Bertz CT molecular complexity index is 406. The van der Waals surface area contributed by atoms with Crippen LogP contribution in [-0.2, 0) is 18.2 Å². The van der Waals surface area contributed by atoms with Crippen LogP contribution in [0.25, 0.3) is 0 Å². The Balaban J connectivity index is 1.81. The Morgan fingerprint density at radius 3 is 3.06 bits per heavy atom. The molecule has 2 heterocycles. The molecular weight excluding hydrogens is 228 g/mol. The second-order valence-corrected chi connectivity index (χ2v) is 4.95. The van der Waals surface area contributed by atoms with E-state index in [-0.39, 0.29) is 5.78 Å². The molecule has 4 heteroatoms. The largest absolute Gasteiger partial charge is 0.378 e. The van der Waals surface area contributed by atoms with Crippen molar-refractivity contribution in [1.82, 2.24) is 9.78 Å².